The minimum absolute atomic E-state index is 0.288. The predicted molar refractivity (Wildman–Crippen MR) is 71.3 cm³/mol. The summed E-state index contributed by atoms with van der Waals surface area (Å²) in [6, 6.07) is 0.288. The molecule has 0 unspecified atom stereocenters. The van der Waals surface area contributed by atoms with E-state index in [0.717, 1.165) is 19.5 Å². The van der Waals surface area contributed by atoms with Crippen molar-refractivity contribution in [3.8, 4) is 6.01 Å². The Bertz CT molecular complexity index is 477. The average molecular weight is 263 g/mol. The van der Waals surface area contributed by atoms with E-state index in [1.54, 1.807) is 19.6 Å². The van der Waals surface area contributed by atoms with Crippen molar-refractivity contribution in [2.45, 2.75) is 13.0 Å². The van der Waals surface area contributed by atoms with Crippen LogP contribution in [0.3, 0.4) is 0 Å². The average Bonchev–Trinajstić information content (AvgIpc) is 2.96. The zero-order valence-corrected chi connectivity index (χ0v) is 11.0. The molecule has 8 nitrogen and oxygen atoms in total. The lowest BCUT2D eigenvalue weighted by molar-refractivity contribution is 0.379. The van der Waals surface area contributed by atoms with Gasteiger partial charge in [-0.1, -0.05) is 0 Å². The normalized spacial score (nSPS) is 10.2. The van der Waals surface area contributed by atoms with Crippen LogP contribution in [0.4, 0.5) is 11.9 Å². The van der Waals surface area contributed by atoms with Crippen molar-refractivity contribution in [2.75, 3.05) is 31.3 Å². The number of methoxy groups -OCH3 is 1. The van der Waals surface area contributed by atoms with Crippen molar-refractivity contribution in [3.05, 3.63) is 18.7 Å². The number of aryl methyl sites for hydroxylation is 1. The SMILES string of the molecule is CNc1nc(NCCCn2ccnc2)nc(OC)n1. The van der Waals surface area contributed by atoms with Crippen LogP contribution >= 0.6 is 0 Å². The molecule has 2 aromatic rings. The lowest BCUT2D eigenvalue weighted by Gasteiger charge is -2.08. The van der Waals surface area contributed by atoms with Crippen molar-refractivity contribution in [2.24, 2.45) is 0 Å². The third kappa shape index (κ3) is 3.80. The molecule has 0 saturated heterocycles. The second-order valence-electron chi connectivity index (χ2n) is 3.80. The summed E-state index contributed by atoms with van der Waals surface area (Å²) in [7, 11) is 3.27. The minimum Gasteiger partial charge on any atom is -0.467 e. The Labute approximate surface area is 111 Å². The van der Waals surface area contributed by atoms with Crippen LogP contribution in [-0.2, 0) is 6.54 Å². The van der Waals surface area contributed by atoms with Crippen LogP contribution in [0.5, 0.6) is 6.01 Å². The molecule has 2 rings (SSSR count). The summed E-state index contributed by atoms with van der Waals surface area (Å²) in [5.74, 6) is 0.978. The molecule has 0 aliphatic carbocycles. The molecule has 0 spiro atoms. The number of aromatic nitrogens is 5. The smallest absolute Gasteiger partial charge is 0.322 e. The number of imidazole rings is 1. The van der Waals surface area contributed by atoms with Gasteiger partial charge in [0, 0.05) is 32.5 Å². The van der Waals surface area contributed by atoms with Gasteiger partial charge in [-0.15, -0.1) is 0 Å². The van der Waals surface area contributed by atoms with E-state index in [4.69, 9.17) is 4.74 Å². The molecule has 2 heterocycles. The molecule has 0 saturated carbocycles. The van der Waals surface area contributed by atoms with Crippen LogP contribution in [0.15, 0.2) is 18.7 Å². The van der Waals surface area contributed by atoms with Crippen LogP contribution < -0.4 is 15.4 Å². The maximum absolute atomic E-state index is 5.01. The number of nitrogens with one attached hydrogen (secondary N) is 2. The van der Waals surface area contributed by atoms with Gasteiger partial charge in [0.2, 0.25) is 11.9 Å². The maximum Gasteiger partial charge on any atom is 0.322 e. The van der Waals surface area contributed by atoms with Gasteiger partial charge in [-0.2, -0.15) is 15.0 Å². The van der Waals surface area contributed by atoms with Gasteiger partial charge in [0.1, 0.15) is 0 Å². The Kier molecular flexibility index (Phi) is 4.49. The van der Waals surface area contributed by atoms with Crippen molar-refractivity contribution < 1.29 is 4.74 Å². The molecule has 0 fully saturated rings. The zero-order chi connectivity index (χ0) is 13.5. The van der Waals surface area contributed by atoms with Gasteiger partial charge in [-0.25, -0.2) is 4.98 Å². The highest BCUT2D eigenvalue weighted by Crippen LogP contribution is 2.09. The highest BCUT2D eigenvalue weighted by molar-refractivity contribution is 5.35. The standard InChI is InChI=1S/C11H17N7O/c1-12-9-15-10(17-11(16-9)19-2)14-4-3-6-18-7-5-13-8-18/h5,7-8H,3-4,6H2,1-2H3,(H2,12,14,15,16,17). The second-order valence-corrected chi connectivity index (χ2v) is 3.80. The zero-order valence-electron chi connectivity index (χ0n) is 11.0. The quantitative estimate of drug-likeness (QED) is 0.708. The van der Waals surface area contributed by atoms with Gasteiger partial charge in [-0.05, 0) is 6.42 Å². The molecule has 0 aliphatic rings. The number of nitrogens with zero attached hydrogens (tertiary/aromatic N) is 5. The van der Waals surface area contributed by atoms with E-state index >= 15 is 0 Å². The first-order valence-electron chi connectivity index (χ1n) is 5.99. The Morgan fingerprint density at radius 1 is 1.26 bits per heavy atom. The fraction of sp³-hybridized carbons (Fsp3) is 0.455. The number of hydrogen-bond donors (Lipinski definition) is 2. The maximum atomic E-state index is 5.01. The summed E-state index contributed by atoms with van der Waals surface area (Å²) in [6.45, 7) is 1.66. The fourth-order valence-corrected chi connectivity index (χ4v) is 1.52. The molecule has 0 aromatic carbocycles. The molecular formula is C11H17N7O. The van der Waals surface area contributed by atoms with Crippen LogP contribution in [-0.4, -0.2) is 45.2 Å². The lowest BCUT2D eigenvalue weighted by Crippen LogP contribution is -2.11. The first-order valence-corrected chi connectivity index (χ1v) is 5.99. The molecule has 0 amide bonds. The molecule has 0 bridgehead atoms. The van der Waals surface area contributed by atoms with Crippen molar-refractivity contribution >= 4 is 11.9 Å². The molecule has 0 radical (unpaired) electrons. The molecule has 2 aromatic heterocycles. The Balaban J connectivity index is 1.84. The molecular weight excluding hydrogens is 246 g/mol. The minimum atomic E-state index is 0.288. The van der Waals surface area contributed by atoms with Gasteiger partial charge >= 0.3 is 6.01 Å². The van der Waals surface area contributed by atoms with E-state index in [1.165, 1.54) is 7.11 Å². The van der Waals surface area contributed by atoms with E-state index in [1.807, 2.05) is 10.8 Å². The Hall–Kier alpha value is -2.38. The van der Waals surface area contributed by atoms with Crippen LogP contribution in [0.2, 0.25) is 0 Å². The highest BCUT2D eigenvalue weighted by atomic mass is 16.5. The van der Waals surface area contributed by atoms with Crippen molar-refractivity contribution in [1.82, 2.24) is 24.5 Å². The van der Waals surface area contributed by atoms with Gasteiger partial charge in [0.15, 0.2) is 0 Å². The first-order chi connectivity index (χ1) is 9.31. The monoisotopic (exact) mass is 263 g/mol. The molecule has 102 valence electrons. The molecule has 19 heavy (non-hydrogen) atoms. The van der Waals surface area contributed by atoms with Crippen molar-refractivity contribution in [3.63, 3.8) is 0 Å². The Morgan fingerprint density at radius 3 is 2.79 bits per heavy atom. The summed E-state index contributed by atoms with van der Waals surface area (Å²) < 4.78 is 7.03. The van der Waals surface area contributed by atoms with E-state index in [0.29, 0.717) is 11.9 Å². The predicted octanol–water partition coefficient (Wildman–Crippen LogP) is 0.621. The molecule has 2 N–H and O–H groups in total. The number of rotatable bonds is 7. The second kappa shape index (κ2) is 6.53. The van der Waals surface area contributed by atoms with Gasteiger partial charge < -0.3 is 19.9 Å². The van der Waals surface area contributed by atoms with E-state index in [9.17, 15) is 0 Å². The van der Waals surface area contributed by atoms with Crippen LogP contribution in [0.25, 0.3) is 0 Å². The van der Waals surface area contributed by atoms with Crippen LogP contribution in [0, 0.1) is 0 Å². The summed E-state index contributed by atoms with van der Waals surface area (Å²) >= 11 is 0. The largest absolute Gasteiger partial charge is 0.467 e. The van der Waals surface area contributed by atoms with Crippen LogP contribution in [0.1, 0.15) is 6.42 Å². The topological polar surface area (TPSA) is 89.8 Å². The number of ether oxygens (including phenoxy) is 1. The fourth-order valence-electron chi connectivity index (χ4n) is 1.52. The van der Waals surface area contributed by atoms with E-state index in [-0.39, 0.29) is 6.01 Å². The third-order valence-corrected chi connectivity index (χ3v) is 2.46. The first kappa shape index (κ1) is 13.1. The summed E-state index contributed by atoms with van der Waals surface area (Å²) in [5.41, 5.74) is 0. The third-order valence-electron chi connectivity index (χ3n) is 2.46. The number of hydrogen-bond acceptors (Lipinski definition) is 7. The number of anilines is 2. The van der Waals surface area contributed by atoms with Gasteiger partial charge in [0.05, 0.1) is 13.4 Å². The lowest BCUT2D eigenvalue weighted by atomic mass is 10.4. The van der Waals surface area contributed by atoms with Gasteiger partial charge in [-0.3, -0.25) is 0 Å². The Morgan fingerprint density at radius 2 is 2.11 bits per heavy atom. The summed E-state index contributed by atoms with van der Waals surface area (Å²) in [4.78, 5) is 16.3. The molecule has 0 aliphatic heterocycles. The molecule has 0 atom stereocenters. The summed E-state index contributed by atoms with van der Waals surface area (Å²) in [5, 5.41) is 6.00. The van der Waals surface area contributed by atoms with E-state index in [2.05, 4.69) is 30.6 Å². The van der Waals surface area contributed by atoms with Gasteiger partial charge in [0.25, 0.3) is 0 Å². The molecule has 8 heteroatoms. The van der Waals surface area contributed by atoms with E-state index < -0.39 is 0 Å². The summed E-state index contributed by atoms with van der Waals surface area (Å²) in [6.07, 6.45) is 6.44. The van der Waals surface area contributed by atoms with Crippen molar-refractivity contribution in [1.29, 1.82) is 0 Å². The highest BCUT2D eigenvalue weighted by Gasteiger charge is 2.04.